The second-order valence-corrected chi connectivity index (χ2v) is 7.05. The summed E-state index contributed by atoms with van der Waals surface area (Å²) < 4.78 is 14.8. The fraction of sp³-hybridized carbons (Fsp3) is 0.278. The summed E-state index contributed by atoms with van der Waals surface area (Å²) in [7, 11) is 1.12. The second kappa shape index (κ2) is 8.09. The van der Waals surface area contributed by atoms with E-state index in [2.05, 4.69) is 10.1 Å². The zero-order valence-corrected chi connectivity index (χ0v) is 15.6. The second-order valence-electron chi connectivity index (χ2n) is 5.79. The van der Waals surface area contributed by atoms with E-state index in [0.717, 1.165) is 28.0 Å². The minimum atomic E-state index is -1.50. The maximum absolute atomic E-state index is 12.7. The lowest BCUT2D eigenvalue weighted by Crippen LogP contribution is -2.48. The van der Waals surface area contributed by atoms with Gasteiger partial charge in [0, 0.05) is 10.4 Å². The Kier molecular flexibility index (Phi) is 5.60. The van der Waals surface area contributed by atoms with Gasteiger partial charge in [-0.1, -0.05) is 30.3 Å². The van der Waals surface area contributed by atoms with Crippen LogP contribution < -0.4 is 5.32 Å². The molecule has 1 aliphatic heterocycles. The molecular formula is C18H18N2O6S. The van der Waals surface area contributed by atoms with Gasteiger partial charge in [-0.15, -0.1) is 11.3 Å². The molecule has 2 aromatic rings. The Morgan fingerprint density at radius 2 is 2.04 bits per heavy atom. The van der Waals surface area contributed by atoms with Crippen molar-refractivity contribution in [2.24, 2.45) is 0 Å². The minimum Gasteiger partial charge on any atom is -0.444 e. The van der Waals surface area contributed by atoms with Gasteiger partial charge in [-0.2, -0.15) is 0 Å². The van der Waals surface area contributed by atoms with Crippen LogP contribution in [0.4, 0.5) is 14.6 Å². The van der Waals surface area contributed by atoms with Crippen molar-refractivity contribution in [2.45, 2.75) is 26.3 Å². The lowest BCUT2D eigenvalue weighted by Gasteiger charge is -2.26. The first-order valence-electron chi connectivity index (χ1n) is 8.10. The van der Waals surface area contributed by atoms with E-state index in [4.69, 9.17) is 9.47 Å². The molecule has 1 atom stereocenters. The lowest BCUT2D eigenvalue weighted by atomic mass is 10.2. The molecule has 0 spiro atoms. The average Bonchev–Trinajstić information content (AvgIpc) is 2.95. The van der Waals surface area contributed by atoms with E-state index in [1.165, 1.54) is 11.3 Å². The summed E-state index contributed by atoms with van der Waals surface area (Å²) in [6.45, 7) is 1.97. The van der Waals surface area contributed by atoms with Crippen LogP contribution in [0, 0.1) is 6.92 Å². The summed E-state index contributed by atoms with van der Waals surface area (Å²) >= 11 is 1.38. The number of anilines is 1. The van der Waals surface area contributed by atoms with Crippen LogP contribution in [0.3, 0.4) is 0 Å². The van der Waals surface area contributed by atoms with Crippen LogP contribution in [0.1, 0.15) is 16.0 Å². The molecular weight excluding hydrogens is 372 g/mol. The molecule has 0 fully saturated rings. The molecule has 0 saturated carbocycles. The van der Waals surface area contributed by atoms with Gasteiger partial charge in [0.25, 0.3) is 12.1 Å². The zero-order valence-electron chi connectivity index (χ0n) is 14.8. The van der Waals surface area contributed by atoms with E-state index in [-0.39, 0.29) is 13.2 Å². The molecule has 2 amide bonds. The van der Waals surface area contributed by atoms with Crippen LogP contribution in [0.15, 0.2) is 36.4 Å². The largest absolute Gasteiger partial charge is 0.510 e. The first kappa shape index (κ1) is 18.7. The molecule has 0 saturated heterocycles. The number of rotatable bonds is 3. The van der Waals surface area contributed by atoms with Crippen molar-refractivity contribution < 1.29 is 28.6 Å². The third kappa shape index (κ3) is 4.37. The van der Waals surface area contributed by atoms with E-state index in [0.29, 0.717) is 5.00 Å². The Balaban J connectivity index is 1.82. The van der Waals surface area contributed by atoms with Gasteiger partial charge in [0.1, 0.15) is 11.6 Å². The molecule has 1 N–H and O–H groups in total. The highest BCUT2D eigenvalue weighted by molar-refractivity contribution is 7.16. The van der Waals surface area contributed by atoms with Crippen LogP contribution in [0.25, 0.3) is 0 Å². The maximum Gasteiger partial charge on any atom is 0.510 e. The highest BCUT2D eigenvalue weighted by Gasteiger charge is 2.38. The fourth-order valence-electron chi connectivity index (χ4n) is 2.59. The van der Waals surface area contributed by atoms with Crippen molar-refractivity contribution in [2.75, 3.05) is 12.4 Å². The number of thiophene rings is 1. The monoisotopic (exact) mass is 390 g/mol. The molecule has 27 heavy (non-hydrogen) atoms. The zero-order chi connectivity index (χ0) is 19.4. The summed E-state index contributed by atoms with van der Waals surface area (Å²) in [5.41, 5.74) is 1.53. The number of carbonyl (C=O) groups is 3. The van der Waals surface area contributed by atoms with Gasteiger partial charge in [0.2, 0.25) is 0 Å². The molecule has 0 bridgehead atoms. The summed E-state index contributed by atoms with van der Waals surface area (Å²) in [6, 6.07) is 11.0. The Hall–Kier alpha value is -3.07. The molecule has 0 unspecified atom stereocenters. The van der Waals surface area contributed by atoms with Crippen LogP contribution in [-0.2, 0) is 32.2 Å². The summed E-state index contributed by atoms with van der Waals surface area (Å²) in [5, 5.41) is 3.28. The van der Waals surface area contributed by atoms with Gasteiger partial charge in [-0.3, -0.25) is 9.69 Å². The quantitative estimate of drug-likeness (QED) is 0.809. The number of methoxy groups -OCH3 is 1. The molecule has 0 radical (unpaired) electrons. The van der Waals surface area contributed by atoms with Gasteiger partial charge >= 0.3 is 12.2 Å². The predicted octanol–water partition coefficient (Wildman–Crippen LogP) is 3.26. The summed E-state index contributed by atoms with van der Waals surface area (Å²) in [4.78, 5) is 38.8. The van der Waals surface area contributed by atoms with Gasteiger partial charge in [0.05, 0.1) is 13.7 Å². The summed E-state index contributed by atoms with van der Waals surface area (Å²) in [5.74, 6) is -0.655. The van der Waals surface area contributed by atoms with Gasteiger partial charge in [0.15, 0.2) is 0 Å². The van der Waals surface area contributed by atoms with E-state index in [1.54, 1.807) is 0 Å². The Morgan fingerprint density at radius 3 is 2.74 bits per heavy atom. The first-order valence-corrected chi connectivity index (χ1v) is 8.91. The predicted molar refractivity (Wildman–Crippen MR) is 97.1 cm³/mol. The SMILES string of the molecule is COC(=O)O[C@H]1C(=O)Nc2sc(C)cc2CN1C(=O)OCc1ccccc1. The van der Waals surface area contributed by atoms with Gasteiger partial charge in [-0.25, -0.2) is 9.59 Å². The maximum atomic E-state index is 12.7. The number of aryl methyl sites for hydroxylation is 1. The van der Waals surface area contributed by atoms with E-state index >= 15 is 0 Å². The van der Waals surface area contributed by atoms with Crippen molar-refractivity contribution in [3.8, 4) is 0 Å². The van der Waals surface area contributed by atoms with Crippen LogP contribution >= 0.6 is 11.3 Å². The lowest BCUT2D eigenvalue weighted by molar-refractivity contribution is -0.135. The number of amides is 2. The number of fused-ring (bicyclic) bond motifs is 1. The highest BCUT2D eigenvalue weighted by atomic mass is 32.1. The fourth-order valence-corrected chi connectivity index (χ4v) is 3.52. The van der Waals surface area contributed by atoms with E-state index in [1.807, 2.05) is 43.3 Å². The van der Waals surface area contributed by atoms with Crippen molar-refractivity contribution in [3.63, 3.8) is 0 Å². The number of benzene rings is 1. The van der Waals surface area contributed by atoms with Crippen molar-refractivity contribution in [1.29, 1.82) is 0 Å². The smallest absolute Gasteiger partial charge is 0.444 e. The van der Waals surface area contributed by atoms with Crippen LogP contribution in [-0.4, -0.2) is 36.4 Å². The van der Waals surface area contributed by atoms with Crippen molar-refractivity contribution in [1.82, 2.24) is 4.90 Å². The Bertz CT molecular complexity index is 851. The average molecular weight is 390 g/mol. The number of hydrogen-bond acceptors (Lipinski definition) is 7. The minimum absolute atomic E-state index is 0.0261. The molecule has 1 aromatic heterocycles. The molecule has 3 rings (SSSR count). The van der Waals surface area contributed by atoms with Gasteiger partial charge < -0.3 is 19.5 Å². The molecule has 9 heteroatoms. The molecule has 8 nitrogen and oxygen atoms in total. The highest BCUT2D eigenvalue weighted by Crippen LogP contribution is 2.32. The van der Waals surface area contributed by atoms with E-state index in [9.17, 15) is 14.4 Å². The number of hydrogen-bond donors (Lipinski definition) is 1. The molecule has 2 heterocycles. The van der Waals surface area contributed by atoms with Crippen molar-refractivity contribution in [3.05, 3.63) is 52.4 Å². The Morgan fingerprint density at radius 1 is 1.30 bits per heavy atom. The normalized spacial score (nSPS) is 16.0. The summed E-state index contributed by atoms with van der Waals surface area (Å²) in [6.07, 6.45) is -3.35. The molecule has 1 aromatic carbocycles. The van der Waals surface area contributed by atoms with Gasteiger partial charge in [-0.05, 0) is 18.6 Å². The van der Waals surface area contributed by atoms with Crippen LogP contribution in [0.2, 0.25) is 0 Å². The third-order valence-electron chi connectivity index (χ3n) is 3.83. The number of carbonyl (C=O) groups excluding carboxylic acids is 3. The third-order valence-corrected chi connectivity index (χ3v) is 4.84. The van der Waals surface area contributed by atoms with Crippen molar-refractivity contribution >= 4 is 34.5 Å². The number of nitrogens with zero attached hydrogens (tertiary/aromatic N) is 1. The molecule has 1 aliphatic rings. The number of ether oxygens (including phenoxy) is 3. The van der Waals surface area contributed by atoms with E-state index < -0.39 is 24.4 Å². The molecule has 142 valence electrons. The molecule has 0 aliphatic carbocycles. The topological polar surface area (TPSA) is 94.2 Å². The van der Waals surface area contributed by atoms with Crippen LogP contribution in [0.5, 0.6) is 0 Å². The Labute approximate surface area is 159 Å². The first-order chi connectivity index (χ1) is 13.0. The number of nitrogens with one attached hydrogen (secondary N) is 1. The standard InChI is InChI=1S/C18H18N2O6S/c1-11-8-13-9-20(17(22)25-10-12-6-4-3-5-7-12)16(26-18(23)24-2)14(21)19-15(13)27-11/h3-8,16H,9-10H2,1-2H3,(H,19,21)/t16-/m0/s1.